The monoisotopic (exact) mass is 297 g/mol. The molecule has 0 aliphatic heterocycles. The van der Waals surface area contributed by atoms with Crippen LogP contribution in [0.25, 0.3) is 0 Å². The fourth-order valence-corrected chi connectivity index (χ4v) is 1.81. The van der Waals surface area contributed by atoms with Gasteiger partial charge in [0.1, 0.15) is 12.4 Å². The van der Waals surface area contributed by atoms with Crippen LogP contribution in [-0.4, -0.2) is 15.5 Å². The van der Waals surface area contributed by atoms with Crippen LogP contribution < -0.4 is 5.32 Å². The van der Waals surface area contributed by atoms with Crippen LogP contribution in [0.2, 0.25) is 0 Å². The summed E-state index contributed by atoms with van der Waals surface area (Å²) in [6, 6.07) is 9.25. The first-order valence-electron chi connectivity index (χ1n) is 6.28. The number of aryl methyl sites for hydroxylation is 1. The van der Waals surface area contributed by atoms with Crippen molar-refractivity contribution in [2.24, 2.45) is 0 Å². The topological polar surface area (TPSA) is 46.9 Å². The van der Waals surface area contributed by atoms with E-state index in [1.807, 2.05) is 30.3 Å². The molecule has 0 radical (unpaired) electrons. The predicted octanol–water partition coefficient (Wildman–Crippen LogP) is 2.53. The van der Waals surface area contributed by atoms with Crippen molar-refractivity contribution in [3.63, 3.8) is 0 Å². The minimum absolute atomic E-state index is 0.150. The Balaban J connectivity index is 1.95. The van der Waals surface area contributed by atoms with Crippen LogP contribution in [0.3, 0.4) is 0 Å². The molecule has 0 saturated heterocycles. The van der Waals surface area contributed by atoms with Crippen molar-refractivity contribution in [1.29, 1.82) is 0 Å². The van der Waals surface area contributed by atoms with E-state index in [0.29, 0.717) is 6.54 Å². The summed E-state index contributed by atoms with van der Waals surface area (Å²) in [5.74, 6) is -0.217. The molecule has 0 fully saturated rings. The van der Waals surface area contributed by atoms with Gasteiger partial charge in [-0.3, -0.25) is 4.79 Å². The molecule has 1 aromatic carbocycles. The van der Waals surface area contributed by atoms with Gasteiger partial charge in [-0.1, -0.05) is 30.3 Å². The third-order valence-corrected chi connectivity index (χ3v) is 2.91. The van der Waals surface area contributed by atoms with Gasteiger partial charge >= 0.3 is 6.18 Å². The molecule has 1 aromatic heterocycles. The summed E-state index contributed by atoms with van der Waals surface area (Å²) >= 11 is 0. The maximum atomic E-state index is 12.5. The van der Waals surface area contributed by atoms with Crippen molar-refractivity contribution < 1.29 is 18.0 Å². The molecule has 0 unspecified atom stereocenters. The molecule has 0 aliphatic carbocycles. The number of amides is 1. The lowest BCUT2D eigenvalue weighted by Crippen LogP contribution is -2.27. The molecule has 0 aliphatic rings. The predicted molar refractivity (Wildman–Crippen MR) is 70.3 cm³/mol. The van der Waals surface area contributed by atoms with Gasteiger partial charge in [-0.25, -0.2) is 4.98 Å². The Hall–Kier alpha value is -2.31. The van der Waals surface area contributed by atoms with Gasteiger partial charge in [0.25, 0.3) is 0 Å². The molecule has 0 bridgehead atoms. The van der Waals surface area contributed by atoms with E-state index in [1.165, 1.54) is 11.5 Å². The number of hydrogen-bond acceptors (Lipinski definition) is 2. The SMILES string of the molecule is Cc1nc(C(F)(F)F)cn1CC(=O)NCc1ccccc1. The van der Waals surface area contributed by atoms with Gasteiger partial charge in [0.2, 0.25) is 5.91 Å². The third-order valence-electron chi connectivity index (χ3n) is 2.91. The number of rotatable bonds is 4. The van der Waals surface area contributed by atoms with Crippen LogP contribution in [0.4, 0.5) is 13.2 Å². The van der Waals surface area contributed by atoms with Crippen LogP contribution in [0.1, 0.15) is 17.1 Å². The number of carbonyl (C=O) groups excluding carboxylic acids is 1. The Morgan fingerprint density at radius 3 is 2.52 bits per heavy atom. The highest BCUT2D eigenvalue weighted by Crippen LogP contribution is 2.28. The van der Waals surface area contributed by atoms with E-state index >= 15 is 0 Å². The summed E-state index contributed by atoms with van der Waals surface area (Å²) in [7, 11) is 0. The largest absolute Gasteiger partial charge is 0.434 e. The number of halogens is 3. The first-order chi connectivity index (χ1) is 9.86. The van der Waals surface area contributed by atoms with Gasteiger partial charge in [-0.15, -0.1) is 0 Å². The Morgan fingerprint density at radius 2 is 1.95 bits per heavy atom. The average molecular weight is 297 g/mol. The lowest BCUT2D eigenvalue weighted by molar-refractivity contribution is -0.141. The smallest absolute Gasteiger partial charge is 0.350 e. The van der Waals surface area contributed by atoms with E-state index in [0.717, 1.165) is 11.8 Å². The van der Waals surface area contributed by atoms with Gasteiger partial charge in [0.05, 0.1) is 0 Å². The first-order valence-corrected chi connectivity index (χ1v) is 6.28. The van der Waals surface area contributed by atoms with Crippen LogP contribution >= 0.6 is 0 Å². The molecule has 0 spiro atoms. The van der Waals surface area contributed by atoms with Gasteiger partial charge in [-0.05, 0) is 12.5 Å². The highest BCUT2D eigenvalue weighted by atomic mass is 19.4. The lowest BCUT2D eigenvalue weighted by Gasteiger charge is -2.07. The van der Waals surface area contributed by atoms with E-state index < -0.39 is 11.9 Å². The van der Waals surface area contributed by atoms with Crippen molar-refractivity contribution >= 4 is 5.91 Å². The molecule has 21 heavy (non-hydrogen) atoms. The van der Waals surface area contributed by atoms with Gasteiger partial charge in [0, 0.05) is 12.7 Å². The zero-order valence-corrected chi connectivity index (χ0v) is 11.3. The molecule has 2 rings (SSSR count). The minimum atomic E-state index is -4.50. The van der Waals surface area contributed by atoms with E-state index in [4.69, 9.17) is 0 Å². The zero-order valence-electron chi connectivity index (χ0n) is 11.3. The summed E-state index contributed by atoms with van der Waals surface area (Å²) < 4.78 is 38.7. The zero-order chi connectivity index (χ0) is 15.5. The molecular formula is C14H14F3N3O. The number of benzene rings is 1. The number of carbonyl (C=O) groups is 1. The van der Waals surface area contributed by atoms with Crippen molar-refractivity contribution in [2.45, 2.75) is 26.2 Å². The van der Waals surface area contributed by atoms with E-state index in [1.54, 1.807) is 0 Å². The van der Waals surface area contributed by atoms with E-state index in [-0.39, 0.29) is 18.3 Å². The quantitative estimate of drug-likeness (QED) is 0.942. The molecular weight excluding hydrogens is 283 g/mol. The molecule has 1 amide bonds. The van der Waals surface area contributed by atoms with Crippen LogP contribution in [0, 0.1) is 6.92 Å². The number of hydrogen-bond donors (Lipinski definition) is 1. The van der Waals surface area contributed by atoms with Gasteiger partial charge in [-0.2, -0.15) is 13.2 Å². The Bertz CT molecular complexity index is 620. The Morgan fingerprint density at radius 1 is 1.29 bits per heavy atom. The fourth-order valence-electron chi connectivity index (χ4n) is 1.81. The van der Waals surface area contributed by atoms with Crippen molar-refractivity contribution in [2.75, 3.05) is 0 Å². The summed E-state index contributed by atoms with van der Waals surface area (Å²) in [6.45, 7) is 1.57. The molecule has 7 heteroatoms. The summed E-state index contributed by atoms with van der Waals surface area (Å²) in [5, 5.41) is 2.65. The second-order valence-corrected chi connectivity index (χ2v) is 4.56. The van der Waals surface area contributed by atoms with Crippen LogP contribution in [0.15, 0.2) is 36.5 Å². The molecule has 112 valence electrons. The van der Waals surface area contributed by atoms with Gasteiger partial charge in [0.15, 0.2) is 5.69 Å². The fraction of sp³-hybridized carbons (Fsp3) is 0.286. The van der Waals surface area contributed by atoms with Crippen molar-refractivity contribution in [3.05, 3.63) is 53.6 Å². The molecule has 2 aromatic rings. The standard InChI is InChI=1S/C14H14F3N3O/c1-10-19-12(14(15,16)17)8-20(10)9-13(21)18-7-11-5-3-2-4-6-11/h2-6,8H,7,9H2,1H3,(H,18,21). The van der Waals surface area contributed by atoms with Gasteiger partial charge < -0.3 is 9.88 Å². The normalized spacial score (nSPS) is 11.4. The Kier molecular flexibility index (Phi) is 4.30. The maximum absolute atomic E-state index is 12.5. The highest BCUT2D eigenvalue weighted by Gasteiger charge is 2.34. The second-order valence-electron chi connectivity index (χ2n) is 4.56. The lowest BCUT2D eigenvalue weighted by atomic mass is 10.2. The summed E-state index contributed by atoms with van der Waals surface area (Å²) in [4.78, 5) is 15.2. The third kappa shape index (κ3) is 4.08. The molecule has 1 heterocycles. The van der Waals surface area contributed by atoms with E-state index in [2.05, 4.69) is 10.3 Å². The second kappa shape index (κ2) is 5.99. The summed E-state index contributed by atoms with van der Waals surface area (Å²) in [6.07, 6.45) is -3.66. The average Bonchev–Trinajstić information content (AvgIpc) is 2.79. The highest BCUT2D eigenvalue weighted by molar-refractivity contribution is 5.75. The van der Waals surface area contributed by atoms with Crippen LogP contribution in [0.5, 0.6) is 0 Å². The summed E-state index contributed by atoms with van der Waals surface area (Å²) in [5.41, 5.74) is -0.0694. The molecule has 1 N–H and O–H groups in total. The van der Waals surface area contributed by atoms with Crippen molar-refractivity contribution in [3.8, 4) is 0 Å². The number of nitrogens with one attached hydrogen (secondary N) is 1. The molecule has 0 atom stereocenters. The number of imidazole rings is 1. The number of alkyl halides is 3. The maximum Gasteiger partial charge on any atom is 0.434 e. The van der Waals surface area contributed by atoms with E-state index in [9.17, 15) is 18.0 Å². The molecule has 0 saturated carbocycles. The van der Waals surface area contributed by atoms with Crippen LogP contribution in [-0.2, 0) is 24.1 Å². The van der Waals surface area contributed by atoms with Crippen molar-refractivity contribution in [1.82, 2.24) is 14.9 Å². The minimum Gasteiger partial charge on any atom is -0.350 e. The Labute approximate surface area is 119 Å². The molecule has 4 nitrogen and oxygen atoms in total. The first kappa shape index (κ1) is 15.1. The number of nitrogens with zero attached hydrogens (tertiary/aromatic N) is 2. The number of aromatic nitrogens is 2.